The molecule has 0 aliphatic carbocycles. The van der Waals surface area contributed by atoms with Crippen LogP contribution in [0.2, 0.25) is 0 Å². The van der Waals surface area contributed by atoms with Crippen molar-refractivity contribution >= 4 is 6.29 Å². The molecule has 0 saturated carbocycles. The van der Waals surface area contributed by atoms with Gasteiger partial charge in [-0.05, 0) is 38.6 Å². The van der Waals surface area contributed by atoms with Crippen LogP contribution < -0.4 is 0 Å². The predicted molar refractivity (Wildman–Crippen MR) is 63.9 cm³/mol. The van der Waals surface area contributed by atoms with Crippen molar-refractivity contribution in [3.05, 3.63) is 0 Å². The van der Waals surface area contributed by atoms with Crippen LogP contribution in [-0.4, -0.2) is 30.3 Å². The van der Waals surface area contributed by atoms with Crippen LogP contribution in [0.25, 0.3) is 0 Å². The zero-order valence-corrected chi connectivity index (χ0v) is 10.6. The van der Waals surface area contributed by atoms with E-state index in [1.807, 2.05) is 0 Å². The maximum Gasteiger partial charge on any atom is 0.127 e. The van der Waals surface area contributed by atoms with Crippen LogP contribution >= 0.6 is 0 Å². The Morgan fingerprint density at radius 1 is 1.47 bits per heavy atom. The van der Waals surface area contributed by atoms with Crippen molar-refractivity contribution in [2.45, 2.75) is 53.0 Å². The molecule has 0 aromatic carbocycles. The molecule has 1 aliphatic heterocycles. The molecule has 0 aromatic rings. The van der Waals surface area contributed by atoms with E-state index in [1.165, 1.54) is 12.8 Å². The first-order valence-corrected chi connectivity index (χ1v) is 6.23. The Kier molecular flexibility index (Phi) is 4.32. The van der Waals surface area contributed by atoms with E-state index >= 15 is 0 Å². The maximum atomic E-state index is 11.1. The lowest BCUT2D eigenvalue weighted by molar-refractivity contribution is -0.117. The second kappa shape index (κ2) is 5.11. The normalized spacial score (nSPS) is 32.3. The van der Waals surface area contributed by atoms with Crippen LogP contribution in [0.4, 0.5) is 0 Å². The molecule has 1 rings (SSSR count). The Morgan fingerprint density at radius 3 is 2.67 bits per heavy atom. The van der Waals surface area contributed by atoms with Crippen LogP contribution in [0, 0.1) is 11.3 Å². The average Bonchev–Trinajstić information content (AvgIpc) is 2.25. The van der Waals surface area contributed by atoms with Crippen LogP contribution in [-0.2, 0) is 4.79 Å². The van der Waals surface area contributed by atoms with Crippen LogP contribution in [0.3, 0.4) is 0 Å². The number of piperidine rings is 1. The van der Waals surface area contributed by atoms with Crippen molar-refractivity contribution in [3.63, 3.8) is 0 Å². The van der Waals surface area contributed by atoms with Gasteiger partial charge in [-0.2, -0.15) is 0 Å². The van der Waals surface area contributed by atoms with E-state index < -0.39 is 0 Å². The Labute approximate surface area is 94.0 Å². The molecule has 0 bridgehead atoms. The summed E-state index contributed by atoms with van der Waals surface area (Å²) in [5, 5.41) is 0. The quantitative estimate of drug-likeness (QED) is 0.666. The molecule has 3 atom stereocenters. The minimum atomic E-state index is -0.147. The highest BCUT2D eigenvalue weighted by Crippen LogP contribution is 2.27. The fourth-order valence-electron chi connectivity index (χ4n) is 2.34. The lowest BCUT2D eigenvalue weighted by Gasteiger charge is -2.41. The van der Waals surface area contributed by atoms with Gasteiger partial charge in [0.05, 0.1) is 0 Å². The highest BCUT2D eigenvalue weighted by atomic mass is 16.1. The summed E-state index contributed by atoms with van der Waals surface area (Å²) < 4.78 is 0. The van der Waals surface area contributed by atoms with Gasteiger partial charge in [-0.3, -0.25) is 4.90 Å². The standard InChI is InChI=1S/C13H25NO/c1-5-13(4,10-15)9-14-8-6-7-11(2)12(14)3/h10-12H,5-9H2,1-4H3. The maximum absolute atomic E-state index is 11.1. The fourth-order valence-corrected chi connectivity index (χ4v) is 2.34. The molecule has 0 amide bonds. The summed E-state index contributed by atoms with van der Waals surface area (Å²) in [7, 11) is 0. The third-order valence-electron chi connectivity index (χ3n) is 4.16. The Morgan fingerprint density at radius 2 is 2.13 bits per heavy atom. The first-order chi connectivity index (χ1) is 7.02. The van der Waals surface area contributed by atoms with Crippen molar-refractivity contribution in [2.24, 2.45) is 11.3 Å². The first-order valence-electron chi connectivity index (χ1n) is 6.23. The molecule has 3 unspecified atom stereocenters. The highest BCUT2D eigenvalue weighted by Gasteiger charge is 2.31. The summed E-state index contributed by atoms with van der Waals surface area (Å²) >= 11 is 0. The van der Waals surface area contributed by atoms with Crippen LogP contribution in [0.1, 0.15) is 47.0 Å². The molecule has 0 aromatic heterocycles. The third kappa shape index (κ3) is 3.04. The van der Waals surface area contributed by atoms with Crippen molar-refractivity contribution in [1.29, 1.82) is 0 Å². The van der Waals surface area contributed by atoms with Gasteiger partial charge in [0.2, 0.25) is 0 Å². The van der Waals surface area contributed by atoms with Crippen molar-refractivity contribution in [2.75, 3.05) is 13.1 Å². The number of hydrogen-bond acceptors (Lipinski definition) is 2. The minimum absolute atomic E-state index is 0.147. The van der Waals surface area contributed by atoms with Crippen molar-refractivity contribution < 1.29 is 4.79 Å². The van der Waals surface area contributed by atoms with Gasteiger partial charge in [0, 0.05) is 18.0 Å². The molecule has 1 heterocycles. The number of carbonyl (C=O) groups is 1. The van der Waals surface area contributed by atoms with Crippen molar-refractivity contribution in [1.82, 2.24) is 4.90 Å². The Balaban J connectivity index is 2.59. The smallest absolute Gasteiger partial charge is 0.127 e. The van der Waals surface area contributed by atoms with E-state index in [-0.39, 0.29) is 5.41 Å². The van der Waals surface area contributed by atoms with E-state index in [0.717, 1.165) is 31.7 Å². The Bertz CT molecular complexity index is 217. The predicted octanol–water partition coefficient (Wildman–Crippen LogP) is 2.72. The van der Waals surface area contributed by atoms with Crippen LogP contribution in [0.5, 0.6) is 0 Å². The summed E-state index contributed by atoms with van der Waals surface area (Å²) in [5.41, 5.74) is -0.147. The Hall–Kier alpha value is -0.370. The van der Waals surface area contributed by atoms with Gasteiger partial charge in [0.15, 0.2) is 0 Å². The molecular weight excluding hydrogens is 186 g/mol. The third-order valence-corrected chi connectivity index (χ3v) is 4.16. The zero-order valence-electron chi connectivity index (χ0n) is 10.6. The molecule has 0 spiro atoms. The first kappa shape index (κ1) is 12.7. The van der Waals surface area contributed by atoms with Crippen LogP contribution in [0.15, 0.2) is 0 Å². The molecule has 2 heteroatoms. The molecular formula is C13H25NO. The van der Waals surface area contributed by atoms with E-state index in [2.05, 4.69) is 32.6 Å². The van der Waals surface area contributed by atoms with Gasteiger partial charge in [-0.15, -0.1) is 0 Å². The summed E-state index contributed by atoms with van der Waals surface area (Å²) in [6.45, 7) is 10.9. The zero-order chi connectivity index (χ0) is 11.5. The lowest BCUT2D eigenvalue weighted by Crippen LogP contribution is -2.47. The topological polar surface area (TPSA) is 20.3 Å². The second-order valence-electron chi connectivity index (χ2n) is 5.46. The molecule has 0 radical (unpaired) electrons. The van der Waals surface area contributed by atoms with Gasteiger partial charge in [0.25, 0.3) is 0 Å². The number of likely N-dealkylation sites (tertiary alicyclic amines) is 1. The number of rotatable bonds is 4. The number of aldehydes is 1. The number of carbonyl (C=O) groups excluding carboxylic acids is 1. The molecule has 15 heavy (non-hydrogen) atoms. The lowest BCUT2D eigenvalue weighted by atomic mass is 9.85. The van der Waals surface area contributed by atoms with E-state index in [0.29, 0.717) is 6.04 Å². The summed E-state index contributed by atoms with van der Waals surface area (Å²) in [6, 6.07) is 0.629. The van der Waals surface area contributed by atoms with E-state index in [1.54, 1.807) is 0 Å². The average molecular weight is 211 g/mol. The molecule has 1 aliphatic rings. The molecule has 88 valence electrons. The monoisotopic (exact) mass is 211 g/mol. The second-order valence-corrected chi connectivity index (χ2v) is 5.46. The molecule has 2 nitrogen and oxygen atoms in total. The molecule has 0 N–H and O–H groups in total. The summed E-state index contributed by atoms with van der Waals surface area (Å²) in [4.78, 5) is 13.6. The van der Waals surface area contributed by atoms with Gasteiger partial charge in [0.1, 0.15) is 6.29 Å². The SMILES string of the molecule is CCC(C)(C=O)CN1CCCC(C)C1C. The highest BCUT2D eigenvalue weighted by molar-refractivity contribution is 5.58. The van der Waals surface area contributed by atoms with Crippen molar-refractivity contribution in [3.8, 4) is 0 Å². The largest absolute Gasteiger partial charge is 0.303 e. The fraction of sp³-hybridized carbons (Fsp3) is 0.923. The van der Waals surface area contributed by atoms with Gasteiger partial charge in [-0.25, -0.2) is 0 Å². The number of nitrogens with zero attached hydrogens (tertiary/aromatic N) is 1. The van der Waals surface area contributed by atoms with E-state index in [9.17, 15) is 4.79 Å². The minimum Gasteiger partial charge on any atom is -0.303 e. The summed E-state index contributed by atoms with van der Waals surface area (Å²) in [6.07, 6.45) is 4.69. The van der Waals surface area contributed by atoms with E-state index in [4.69, 9.17) is 0 Å². The number of hydrogen-bond donors (Lipinski definition) is 0. The molecule has 1 fully saturated rings. The van der Waals surface area contributed by atoms with Gasteiger partial charge >= 0.3 is 0 Å². The summed E-state index contributed by atoms with van der Waals surface area (Å²) in [5.74, 6) is 0.770. The molecule has 1 saturated heterocycles. The van der Waals surface area contributed by atoms with Gasteiger partial charge in [-0.1, -0.05) is 20.8 Å². The van der Waals surface area contributed by atoms with Gasteiger partial charge < -0.3 is 4.79 Å².